The van der Waals surface area contributed by atoms with Crippen molar-refractivity contribution in [2.24, 2.45) is 0 Å². The molecule has 6 nitrogen and oxygen atoms in total. The van der Waals surface area contributed by atoms with Crippen LogP contribution in [0.1, 0.15) is 64.5 Å². The summed E-state index contributed by atoms with van der Waals surface area (Å²) in [4.78, 5) is 0. The molecular formula is C33H50O6Si. The van der Waals surface area contributed by atoms with Gasteiger partial charge in [-0.05, 0) is 41.6 Å². The first-order valence-electron chi connectivity index (χ1n) is 15.3. The minimum absolute atomic E-state index is 0.0445. The molecule has 2 aliphatic rings. The standard InChI is InChI=1S/C33H50O6Si/c1-6-33(34)32-22-30(39-33)31(40(7-2,8-3)9-4)21-29(38-32)28(19-20-36-23-25-13-11-10-12-14-25)37-24-26-15-17-27(35-5)18-16-26/h10-18,28-32,34H,6-9,19-24H2,1-5H3/t28-,29-,30+,31-,32+,33?/m0/s1. The van der Waals surface area contributed by atoms with E-state index in [9.17, 15) is 5.11 Å². The smallest absolute Gasteiger partial charge is 0.192 e. The van der Waals surface area contributed by atoms with Crippen LogP contribution in [0.3, 0.4) is 0 Å². The lowest BCUT2D eigenvalue weighted by Crippen LogP contribution is -2.50. The van der Waals surface area contributed by atoms with Crippen LogP contribution >= 0.6 is 0 Å². The third-order valence-electron chi connectivity index (χ3n) is 9.68. The van der Waals surface area contributed by atoms with Crippen LogP contribution in [-0.4, -0.2) is 57.1 Å². The highest BCUT2D eigenvalue weighted by atomic mass is 28.3. The molecule has 1 unspecified atom stereocenters. The number of ether oxygens (including phenoxy) is 5. The summed E-state index contributed by atoms with van der Waals surface area (Å²) in [6.07, 6.45) is 2.34. The van der Waals surface area contributed by atoms with Crippen molar-refractivity contribution < 1.29 is 28.8 Å². The van der Waals surface area contributed by atoms with Crippen molar-refractivity contribution in [3.63, 3.8) is 0 Å². The van der Waals surface area contributed by atoms with E-state index in [1.165, 1.54) is 18.1 Å². The quantitative estimate of drug-likeness (QED) is 0.182. The molecule has 7 heteroatoms. The van der Waals surface area contributed by atoms with Crippen LogP contribution in [0, 0.1) is 0 Å². The lowest BCUT2D eigenvalue weighted by Gasteiger charge is -2.44. The number of rotatable bonds is 15. The molecule has 0 radical (unpaired) electrons. The van der Waals surface area contributed by atoms with Gasteiger partial charge in [0.1, 0.15) is 11.9 Å². The van der Waals surface area contributed by atoms with Gasteiger partial charge in [-0.3, -0.25) is 0 Å². The van der Waals surface area contributed by atoms with E-state index in [2.05, 4.69) is 32.9 Å². The molecule has 0 spiro atoms. The van der Waals surface area contributed by atoms with Crippen molar-refractivity contribution in [1.29, 1.82) is 0 Å². The fourth-order valence-electron chi connectivity index (χ4n) is 6.85. The van der Waals surface area contributed by atoms with E-state index in [-0.39, 0.29) is 24.4 Å². The Morgan fingerprint density at radius 1 is 0.925 bits per heavy atom. The van der Waals surface area contributed by atoms with Crippen molar-refractivity contribution in [1.82, 2.24) is 0 Å². The summed E-state index contributed by atoms with van der Waals surface area (Å²) in [5.41, 5.74) is 2.67. The van der Waals surface area contributed by atoms with E-state index in [0.29, 0.717) is 31.8 Å². The number of methoxy groups -OCH3 is 1. The third-order valence-corrected chi connectivity index (χ3v) is 16.1. The van der Waals surface area contributed by atoms with Crippen LogP contribution < -0.4 is 4.74 Å². The van der Waals surface area contributed by atoms with Crippen LogP contribution in [-0.2, 0) is 32.2 Å². The summed E-state index contributed by atoms with van der Waals surface area (Å²) >= 11 is 0. The highest BCUT2D eigenvalue weighted by Gasteiger charge is 2.57. The van der Waals surface area contributed by atoms with Gasteiger partial charge in [0.15, 0.2) is 5.79 Å². The zero-order valence-corrected chi connectivity index (χ0v) is 26.1. The average molecular weight is 571 g/mol. The lowest BCUT2D eigenvalue weighted by molar-refractivity contribution is -0.264. The van der Waals surface area contributed by atoms with Gasteiger partial charge < -0.3 is 28.8 Å². The summed E-state index contributed by atoms with van der Waals surface area (Å²) in [5, 5.41) is 11.5. The topological polar surface area (TPSA) is 66.4 Å². The van der Waals surface area contributed by atoms with Gasteiger partial charge in [-0.1, -0.05) is 88.3 Å². The maximum absolute atomic E-state index is 11.5. The molecule has 2 saturated heterocycles. The minimum Gasteiger partial charge on any atom is -0.497 e. The van der Waals surface area contributed by atoms with E-state index < -0.39 is 13.9 Å². The molecule has 40 heavy (non-hydrogen) atoms. The normalized spacial score (nSPS) is 27.4. The maximum atomic E-state index is 11.5. The molecule has 0 aromatic heterocycles. The molecule has 4 rings (SSSR count). The monoisotopic (exact) mass is 570 g/mol. The fourth-order valence-corrected chi connectivity index (χ4v) is 11.7. The van der Waals surface area contributed by atoms with Gasteiger partial charge in [-0.15, -0.1) is 0 Å². The molecule has 1 N–H and O–H groups in total. The summed E-state index contributed by atoms with van der Waals surface area (Å²) in [6.45, 7) is 10.7. The molecular weight excluding hydrogens is 520 g/mol. The number of hydrogen-bond donors (Lipinski definition) is 1. The Hall–Kier alpha value is -1.74. The Kier molecular flexibility index (Phi) is 11.3. The first-order valence-corrected chi connectivity index (χ1v) is 18.0. The predicted molar refractivity (Wildman–Crippen MR) is 161 cm³/mol. The number of benzene rings is 2. The molecule has 0 aliphatic carbocycles. The van der Waals surface area contributed by atoms with E-state index in [1.54, 1.807) is 7.11 Å². The van der Waals surface area contributed by atoms with Crippen molar-refractivity contribution in [3.05, 3.63) is 65.7 Å². The maximum Gasteiger partial charge on any atom is 0.192 e. The minimum atomic E-state index is -1.67. The second-order valence-electron chi connectivity index (χ2n) is 11.5. The summed E-state index contributed by atoms with van der Waals surface area (Å²) in [6, 6.07) is 21.9. The SMILES string of the molecule is CCC1(O)O[C@@H]2C[C@H]1O[C@H]([C@H](CCOCc1ccccc1)OCc1ccc(OC)cc1)C[C@@H]2[Si](CC)(CC)CC. The average Bonchev–Trinajstić information content (AvgIpc) is 3.20. The van der Waals surface area contributed by atoms with Crippen molar-refractivity contribution in [3.8, 4) is 5.75 Å². The lowest BCUT2D eigenvalue weighted by atomic mass is 10.0. The first-order chi connectivity index (χ1) is 19.4. The Morgan fingerprint density at radius 2 is 1.60 bits per heavy atom. The molecule has 2 bridgehead atoms. The molecule has 2 aromatic carbocycles. The second-order valence-corrected chi connectivity index (χ2v) is 17.1. The van der Waals surface area contributed by atoms with E-state index in [0.717, 1.165) is 36.1 Å². The van der Waals surface area contributed by atoms with Crippen molar-refractivity contribution >= 4 is 8.07 Å². The zero-order chi connectivity index (χ0) is 28.6. The fraction of sp³-hybridized carbons (Fsp3) is 0.636. The number of fused-ring (bicyclic) bond motifs is 2. The Balaban J connectivity index is 1.55. The Labute approximate surface area is 242 Å². The molecule has 2 aliphatic heterocycles. The molecule has 2 heterocycles. The van der Waals surface area contributed by atoms with Gasteiger partial charge in [-0.2, -0.15) is 0 Å². The molecule has 0 saturated carbocycles. The highest BCUT2D eigenvalue weighted by molar-refractivity contribution is 6.81. The van der Waals surface area contributed by atoms with Crippen LogP contribution in [0.25, 0.3) is 0 Å². The van der Waals surface area contributed by atoms with Crippen LogP contribution in [0.4, 0.5) is 0 Å². The largest absolute Gasteiger partial charge is 0.497 e. The van der Waals surface area contributed by atoms with Gasteiger partial charge in [0.2, 0.25) is 0 Å². The van der Waals surface area contributed by atoms with Gasteiger partial charge in [0, 0.05) is 19.4 Å². The molecule has 6 atom stereocenters. The molecule has 2 aromatic rings. The van der Waals surface area contributed by atoms with Gasteiger partial charge in [-0.25, -0.2) is 0 Å². The summed E-state index contributed by atoms with van der Waals surface area (Å²) < 4.78 is 31.4. The van der Waals surface area contributed by atoms with Crippen LogP contribution in [0.15, 0.2) is 54.6 Å². The summed E-state index contributed by atoms with van der Waals surface area (Å²) in [7, 11) is 0.0129. The van der Waals surface area contributed by atoms with Crippen LogP contribution in [0.5, 0.6) is 5.75 Å². The Bertz CT molecular complexity index is 1010. The number of aliphatic hydroxyl groups is 1. The third kappa shape index (κ3) is 7.17. The van der Waals surface area contributed by atoms with Gasteiger partial charge in [0.05, 0.1) is 46.7 Å². The summed E-state index contributed by atoms with van der Waals surface area (Å²) in [5.74, 6) is -0.402. The first kappa shape index (κ1) is 31.2. The van der Waals surface area contributed by atoms with Crippen molar-refractivity contribution in [2.75, 3.05) is 13.7 Å². The van der Waals surface area contributed by atoms with E-state index >= 15 is 0 Å². The molecule has 222 valence electrons. The molecule has 0 amide bonds. The Morgan fingerprint density at radius 3 is 2.23 bits per heavy atom. The second kappa shape index (κ2) is 14.4. The van der Waals surface area contributed by atoms with E-state index in [1.807, 2.05) is 49.4 Å². The van der Waals surface area contributed by atoms with E-state index in [4.69, 9.17) is 23.7 Å². The highest BCUT2D eigenvalue weighted by Crippen LogP contribution is 2.51. The number of hydrogen-bond acceptors (Lipinski definition) is 6. The van der Waals surface area contributed by atoms with Gasteiger partial charge >= 0.3 is 0 Å². The zero-order valence-electron chi connectivity index (χ0n) is 25.1. The van der Waals surface area contributed by atoms with Gasteiger partial charge in [0.25, 0.3) is 0 Å². The molecule has 2 fully saturated rings. The predicted octanol–water partition coefficient (Wildman–Crippen LogP) is 7.11. The van der Waals surface area contributed by atoms with Crippen molar-refractivity contribution in [2.45, 2.75) is 120 Å². The van der Waals surface area contributed by atoms with Crippen LogP contribution in [0.2, 0.25) is 23.7 Å².